The van der Waals surface area contributed by atoms with E-state index in [-0.39, 0.29) is 22.6 Å². The Hall–Kier alpha value is -3.72. The molecular formula is C24H21N3O5S. The van der Waals surface area contributed by atoms with E-state index in [2.05, 4.69) is 10.2 Å². The molecule has 1 amide bonds. The maximum atomic E-state index is 13.2. The van der Waals surface area contributed by atoms with Gasteiger partial charge in [-0.2, -0.15) is 0 Å². The first-order valence-corrected chi connectivity index (χ1v) is 11.2. The number of aliphatic hydroxyl groups is 1. The largest absolute Gasteiger partial charge is 0.507 e. The van der Waals surface area contributed by atoms with Gasteiger partial charge in [0, 0.05) is 12.0 Å². The van der Waals surface area contributed by atoms with E-state index in [1.54, 1.807) is 49.4 Å². The Bertz CT molecular complexity index is 1310. The first kappa shape index (κ1) is 21.1. The van der Waals surface area contributed by atoms with Crippen molar-refractivity contribution < 1.29 is 24.2 Å². The number of fused-ring (bicyclic) bond motifs is 1. The van der Waals surface area contributed by atoms with Crippen molar-refractivity contribution in [2.24, 2.45) is 0 Å². The smallest absolute Gasteiger partial charge is 0.301 e. The second kappa shape index (κ2) is 8.00. The third-order valence-electron chi connectivity index (χ3n) is 5.74. The maximum absolute atomic E-state index is 13.2. The average molecular weight is 464 g/mol. The number of rotatable bonds is 4. The Kier molecular flexibility index (Phi) is 5.13. The van der Waals surface area contributed by atoms with Crippen LogP contribution in [0.15, 0.2) is 48.0 Å². The molecule has 3 aromatic rings. The summed E-state index contributed by atoms with van der Waals surface area (Å²) in [6.45, 7) is 3.74. The maximum Gasteiger partial charge on any atom is 0.301 e. The van der Waals surface area contributed by atoms with Gasteiger partial charge in [-0.05, 0) is 55.3 Å². The molecule has 0 saturated carbocycles. The number of carbonyl (C=O) groups is 2. The van der Waals surface area contributed by atoms with E-state index in [1.807, 2.05) is 6.92 Å². The van der Waals surface area contributed by atoms with Gasteiger partial charge >= 0.3 is 5.91 Å². The molecule has 1 fully saturated rings. The number of aliphatic hydroxyl groups excluding tert-OH is 1. The summed E-state index contributed by atoms with van der Waals surface area (Å²) in [5.41, 5.74) is 2.00. The van der Waals surface area contributed by atoms with Crippen molar-refractivity contribution in [1.29, 1.82) is 0 Å². The van der Waals surface area contributed by atoms with Gasteiger partial charge < -0.3 is 14.6 Å². The number of nitrogens with zero attached hydrogens (tertiary/aromatic N) is 3. The van der Waals surface area contributed by atoms with Gasteiger partial charge in [0.05, 0.1) is 18.7 Å². The summed E-state index contributed by atoms with van der Waals surface area (Å²) >= 11 is 1.20. The fourth-order valence-electron chi connectivity index (χ4n) is 4.27. The minimum Gasteiger partial charge on any atom is -0.507 e. The number of aryl methyl sites for hydroxylation is 1. The van der Waals surface area contributed by atoms with Crippen LogP contribution in [0.3, 0.4) is 0 Å². The van der Waals surface area contributed by atoms with Crippen molar-refractivity contribution in [3.05, 3.63) is 69.7 Å². The van der Waals surface area contributed by atoms with E-state index in [0.29, 0.717) is 28.3 Å². The van der Waals surface area contributed by atoms with Crippen LogP contribution in [0.4, 0.5) is 5.13 Å². The lowest BCUT2D eigenvalue weighted by Crippen LogP contribution is -2.29. The molecule has 0 aliphatic carbocycles. The number of hydrogen-bond acceptors (Lipinski definition) is 8. The Morgan fingerprint density at radius 2 is 2.03 bits per heavy atom. The highest BCUT2D eigenvalue weighted by Crippen LogP contribution is 2.44. The Morgan fingerprint density at radius 3 is 2.76 bits per heavy atom. The first-order valence-electron chi connectivity index (χ1n) is 10.4. The lowest BCUT2D eigenvalue weighted by atomic mass is 9.94. The second-order valence-corrected chi connectivity index (χ2v) is 9.16. The van der Waals surface area contributed by atoms with Gasteiger partial charge in [-0.3, -0.25) is 14.5 Å². The van der Waals surface area contributed by atoms with Crippen molar-refractivity contribution in [1.82, 2.24) is 10.2 Å². The topological polar surface area (TPSA) is 102 Å². The fourth-order valence-corrected chi connectivity index (χ4v) is 4.98. The SMILES string of the molecule is COc1cccc([C@H]2C(=C(O)c3ccc4c(c3)C[C@H](C)O4)C(=O)C(=O)N2c2nnc(C)s2)c1. The number of ketones is 1. The van der Waals surface area contributed by atoms with Crippen LogP contribution in [0, 0.1) is 6.92 Å². The van der Waals surface area contributed by atoms with E-state index in [9.17, 15) is 14.7 Å². The zero-order valence-electron chi connectivity index (χ0n) is 18.2. The van der Waals surface area contributed by atoms with E-state index in [0.717, 1.165) is 11.3 Å². The highest BCUT2D eigenvalue weighted by atomic mass is 32.1. The van der Waals surface area contributed by atoms with E-state index in [4.69, 9.17) is 9.47 Å². The number of amides is 1. The van der Waals surface area contributed by atoms with E-state index < -0.39 is 17.7 Å². The Balaban J connectivity index is 1.69. The lowest BCUT2D eigenvalue weighted by molar-refractivity contribution is -0.132. The molecule has 1 aromatic heterocycles. The molecule has 0 unspecified atom stereocenters. The van der Waals surface area contributed by atoms with E-state index in [1.165, 1.54) is 23.3 Å². The molecule has 0 radical (unpaired) electrons. The fraction of sp³-hybridized carbons (Fsp3) is 0.250. The molecule has 2 aliphatic rings. The Labute approximate surface area is 194 Å². The standard InChI is InChI=1S/C24H21N3O5S/c1-12-9-16-10-15(7-8-18(16)32-12)21(28)19-20(14-5-4-6-17(11-14)31-3)27(23(30)22(19)29)24-26-25-13(2)33-24/h4-8,10-12,20,28H,9H2,1-3H3/t12-,20-/m0/s1. The number of ether oxygens (including phenoxy) is 2. The van der Waals surface area contributed by atoms with Crippen LogP contribution in [-0.2, 0) is 16.0 Å². The lowest BCUT2D eigenvalue weighted by Gasteiger charge is -2.23. The molecule has 168 valence electrons. The molecule has 1 saturated heterocycles. The monoisotopic (exact) mass is 463 g/mol. The highest BCUT2D eigenvalue weighted by molar-refractivity contribution is 7.15. The van der Waals surface area contributed by atoms with Crippen molar-refractivity contribution in [2.75, 3.05) is 12.0 Å². The van der Waals surface area contributed by atoms with Crippen LogP contribution < -0.4 is 14.4 Å². The van der Waals surface area contributed by atoms with Crippen molar-refractivity contribution >= 4 is 33.9 Å². The summed E-state index contributed by atoms with van der Waals surface area (Å²) < 4.78 is 11.1. The van der Waals surface area contributed by atoms with Crippen LogP contribution >= 0.6 is 11.3 Å². The van der Waals surface area contributed by atoms with Gasteiger partial charge in [0.2, 0.25) is 5.13 Å². The molecule has 2 atom stereocenters. The predicted octanol–water partition coefficient (Wildman–Crippen LogP) is 3.80. The predicted molar refractivity (Wildman–Crippen MR) is 123 cm³/mol. The van der Waals surface area contributed by atoms with Gasteiger partial charge in [0.1, 0.15) is 28.4 Å². The zero-order valence-corrected chi connectivity index (χ0v) is 19.0. The van der Waals surface area contributed by atoms with Gasteiger partial charge in [-0.15, -0.1) is 10.2 Å². The number of methoxy groups -OCH3 is 1. The molecule has 8 nitrogen and oxygen atoms in total. The molecule has 33 heavy (non-hydrogen) atoms. The summed E-state index contributed by atoms with van der Waals surface area (Å²) in [5.74, 6) is -0.465. The number of carbonyl (C=O) groups excluding carboxylic acids is 2. The van der Waals surface area contributed by atoms with Gasteiger partial charge in [-0.1, -0.05) is 23.5 Å². The summed E-state index contributed by atoms with van der Waals surface area (Å²) in [5, 5.41) is 20.4. The molecule has 1 N–H and O–H groups in total. The summed E-state index contributed by atoms with van der Waals surface area (Å²) in [6.07, 6.45) is 0.745. The van der Waals surface area contributed by atoms with Gasteiger partial charge in [0.15, 0.2) is 0 Å². The number of benzene rings is 2. The van der Waals surface area contributed by atoms with Crippen LogP contribution in [0.2, 0.25) is 0 Å². The minimum atomic E-state index is -0.879. The van der Waals surface area contributed by atoms with E-state index >= 15 is 0 Å². The van der Waals surface area contributed by atoms with Crippen LogP contribution in [0.25, 0.3) is 5.76 Å². The molecule has 2 aliphatic heterocycles. The number of aromatic nitrogens is 2. The van der Waals surface area contributed by atoms with Gasteiger partial charge in [-0.25, -0.2) is 0 Å². The first-order chi connectivity index (χ1) is 15.9. The van der Waals surface area contributed by atoms with Crippen LogP contribution in [0.5, 0.6) is 11.5 Å². The van der Waals surface area contributed by atoms with Gasteiger partial charge in [0.25, 0.3) is 5.78 Å². The molecule has 0 spiro atoms. The quantitative estimate of drug-likeness (QED) is 0.357. The third kappa shape index (κ3) is 3.54. The Morgan fingerprint density at radius 1 is 1.21 bits per heavy atom. The number of Topliss-reactive ketones (excluding diaryl/α,β-unsaturated/α-hetero) is 1. The normalized spacial score (nSPS) is 21.2. The number of anilines is 1. The molecule has 0 bridgehead atoms. The highest BCUT2D eigenvalue weighted by Gasteiger charge is 2.48. The minimum absolute atomic E-state index is 0.00646. The second-order valence-electron chi connectivity index (χ2n) is 8.00. The molecule has 3 heterocycles. The third-order valence-corrected chi connectivity index (χ3v) is 6.58. The summed E-state index contributed by atoms with van der Waals surface area (Å²) in [7, 11) is 1.54. The van der Waals surface area contributed by atoms with Crippen molar-refractivity contribution in [3.63, 3.8) is 0 Å². The summed E-state index contributed by atoms with van der Waals surface area (Å²) in [6, 6.07) is 11.5. The summed E-state index contributed by atoms with van der Waals surface area (Å²) in [4.78, 5) is 27.7. The van der Waals surface area contributed by atoms with Crippen molar-refractivity contribution in [3.8, 4) is 11.5 Å². The van der Waals surface area contributed by atoms with Crippen LogP contribution in [-0.4, -0.2) is 40.2 Å². The molecule has 9 heteroatoms. The zero-order chi connectivity index (χ0) is 23.3. The molecular weight excluding hydrogens is 442 g/mol. The van der Waals surface area contributed by atoms with Crippen LogP contribution in [0.1, 0.15) is 34.7 Å². The molecule has 2 aromatic carbocycles. The average Bonchev–Trinajstić information content (AvgIpc) is 3.48. The van der Waals surface area contributed by atoms with Crippen molar-refractivity contribution in [2.45, 2.75) is 32.4 Å². The molecule has 5 rings (SSSR count). The number of hydrogen-bond donors (Lipinski definition) is 1.